The third-order valence-corrected chi connectivity index (χ3v) is 4.05. The molecule has 0 amide bonds. The lowest BCUT2D eigenvalue weighted by Crippen LogP contribution is -2.48. The maximum atomic E-state index is 10.2. The zero-order valence-corrected chi connectivity index (χ0v) is 12.1. The molecule has 2 rings (SSSR count). The van der Waals surface area contributed by atoms with E-state index >= 15 is 0 Å². The molecule has 1 aliphatic rings. The molecule has 1 aliphatic heterocycles. The second kappa shape index (κ2) is 5.29. The fourth-order valence-electron chi connectivity index (χ4n) is 2.40. The molecule has 0 aromatic heterocycles. The van der Waals surface area contributed by atoms with Gasteiger partial charge in [-0.15, -0.1) is 0 Å². The highest BCUT2D eigenvalue weighted by molar-refractivity contribution is 5.61. The van der Waals surface area contributed by atoms with Gasteiger partial charge >= 0.3 is 0 Å². The van der Waals surface area contributed by atoms with Gasteiger partial charge in [0.2, 0.25) is 0 Å². The van der Waals surface area contributed by atoms with Gasteiger partial charge in [0.05, 0.1) is 26.0 Å². The van der Waals surface area contributed by atoms with Crippen LogP contribution in [0.2, 0.25) is 0 Å². The molecule has 1 aromatic rings. The fraction of sp³-hybridized carbons (Fsp3) is 0.600. The normalized spacial score (nSPS) is 22.2. The third kappa shape index (κ3) is 2.78. The molecule has 1 saturated heterocycles. The molecule has 1 atom stereocenters. The first-order valence-electron chi connectivity index (χ1n) is 6.63. The van der Waals surface area contributed by atoms with Gasteiger partial charge in [-0.1, -0.05) is 13.8 Å². The standard InChI is InChI=1S/C15H23NO3/c1-15(2)7-8-16(10-14(15)17)12-6-5-11(18-3)9-13(12)19-4/h5-6,9,14,17H,7-8,10H2,1-4H3. The number of ether oxygens (including phenoxy) is 2. The summed E-state index contributed by atoms with van der Waals surface area (Å²) in [5, 5.41) is 10.2. The minimum Gasteiger partial charge on any atom is -0.497 e. The average molecular weight is 265 g/mol. The highest BCUT2D eigenvalue weighted by Crippen LogP contribution is 2.37. The van der Waals surface area contributed by atoms with Crippen molar-refractivity contribution < 1.29 is 14.6 Å². The van der Waals surface area contributed by atoms with Crippen LogP contribution in [0.5, 0.6) is 11.5 Å². The Bertz CT molecular complexity index is 445. The molecule has 0 radical (unpaired) electrons. The molecule has 0 aliphatic carbocycles. The topological polar surface area (TPSA) is 41.9 Å². The van der Waals surface area contributed by atoms with E-state index in [1.807, 2.05) is 18.2 Å². The minimum absolute atomic E-state index is 0.0177. The lowest BCUT2D eigenvalue weighted by molar-refractivity contribution is 0.0350. The molecule has 0 spiro atoms. The van der Waals surface area contributed by atoms with Crippen molar-refractivity contribution >= 4 is 5.69 Å². The predicted molar refractivity (Wildman–Crippen MR) is 76.2 cm³/mol. The summed E-state index contributed by atoms with van der Waals surface area (Å²) < 4.78 is 10.6. The molecule has 1 fully saturated rings. The number of β-amino-alcohol motifs (C(OH)–C–C–N with tert-alkyl or cyclic N) is 1. The maximum absolute atomic E-state index is 10.2. The average Bonchev–Trinajstić information content (AvgIpc) is 2.41. The Balaban J connectivity index is 2.23. The van der Waals surface area contributed by atoms with Gasteiger partial charge in [-0.3, -0.25) is 0 Å². The van der Waals surface area contributed by atoms with Crippen molar-refractivity contribution in [3.05, 3.63) is 18.2 Å². The summed E-state index contributed by atoms with van der Waals surface area (Å²) in [4.78, 5) is 2.17. The van der Waals surface area contributed by atoms with Crippen LogP contribution in [0.4, 0.5) is 5.69 Å². The number of aliphatic hydroxyl groups excluding tert-OH is 1. The number of piperidine rings is 1. The van der Waals surface area contributed by atoms with E-state index in [2.05, 4.69) is 18.7 Å². The first kappa shape index (κ1) is 14.0. The van der Waals surface area contributed by atoms with Crippen LogP contribution in [0.3, 0.4) is 0 Å². The van der Waals surface area contributed by atoms with Crippen molar-refractivity contribution in [3.8, 4) is 11.5 Å². The van der Waals surface area contributed by atoms with E-state index in [1.54, 1.807) is 14.2 Å². The zero-order valence-electron chi connectivity index (χ0n) is 12.1. The number of anilines is 1. The van der Waals surface area contributed by atoms with Crippen LogP contribution >= 0.6 is 0 Å². The predicted octanol–water partition coefficient (Wildman–Crippen LogP) is 2.30. The molecular formula is C15H23NO3. The van der Waals surface area contributed by atoms with E-state index in [9.17, 15) is 5.11 Å². The molecule has 19 heavy (non-hydrogen) atoms. The number of hydrogen-bond acceptors (Lipinski definition) is 4. The third-order valence-electron chi connectivity index (χ3n) is 4.05. The summed E-state index contributed by atoms with van der Waals surface area (Å²) in [6, 6.07) is 5.79. The molecule has 1 N–H and O–H groups in total. The summed E-state index contributed by atoms with van der Waals surface area (Å²) >= 11 is 0. The molecule has 4 heteroatoms. The van der Waals surface area contributed by atoms with E-state index in [-0.39, 0.29) is 11.5 Å². The van der Waals surface area contributed by atoms with Crippen molar-refractivity contribution in [2.45, 2.75) is 26.4 Å². The summed E-state index contributed by atoms with van der Waals surface area (Å²) in [5.74, 6) is 1.56. The van der Waals surface area contributed by atoms with Crippen molar-refractivity contribution in [1.82, 2.24) is 0 Å². The zero-order chi connectivity index (χ0) is 14.0. The van der Waals surface area contributed by atoms with Crippen LogP contribution in [-0.4, -0.2) is 38.5 Å². The number of nitrogens with zero attached hydrogens (tertiary/aromatic N) is 1. The Morgan fingerprint density at radius 1 is 1.26 bits per heavy atom. The lowest BCUT2D eigenvalue weighted by Gasteiger charge is -2.42. The monoisotopic (exact) mass is 265 g/mol. The maximum Gasteiger partial charge on any atom is 0.145 e. The van der Waals surface area contributed by atoms with Gasteiger partial charge in [0.25, 0.3) is 0 Å². The quantitative estimate of drug-likeness (QED) is 0.910. The van der Waals surface area contributed by atoms with Gasteiger partial charge in [0, 0.05) is 19.2 Å². The van der Waals surface area contributed by atoms with Gasteiger partial charge < -0.3 is 19.5 Å². The Morgan fingerprint density at radius 3 is 2.58 bits per heavy atom. The molecule has 1 unspecified atom stereocenters. The summed E-state index contributed by atoms with van der Waals surface area (Å²) in [6.07, 6.45) is 0.636. The smallest absolute Gasteiger partial charge is 0.145 e. The first-order chi connectivity index (χ1) is 8.97. The molecule has 4 nitrogen and oxygen atoms in total. The van der Waals surface area contributed by atoms with Crippen LogP contribution in [0, 0.1) is 5.41 Å². The number of aliphatic hydroxyl groups is 1. The van der Waals surface area contributed by atoms with Crippen molar-refractivity contribution in [2.75, 3.05) is 32.2 Å². The Kier molecular flexibility index (Phi) is 3.90. The van der Waals surface area contributed by atoms with Gasteiger partial charge in [0.1, 0.15) is 11.5 Å². The van der Waals surface area contributed by atoms with E-state index < -0.39 is 0 Å². The van der Waals surface area contributed by atoms with E-state index in [4.69, 9.17) is 9.47 Å². The second-order valence-corrected chi connectivity index (χ2v) is 5.74. The summed E-state index contributed by atoms with van der Waals surface area (Å²) in [6.45, 7) is 5.78. The van der Waals surface area contributed by atoms with Crippen LogP contribution in [0.1, 0.15) is 20.3 Å². The summed E-state index contributed by atoms with van der Waals surface area (Å²) in [7, 11) is 3.30. The molecule has 1 heterocycles. The van der Waals surface area contributed by atoms with Gasteiger partial charge in [-0.25, -0.2) is 0 Å². The van der Waals surface area contributed by atoms with Crippen molar-refractivity contribution in [3.63, 3.8) is 0 Å². The molecular weight excluding hydrogens is 242 g/mol. The van der Waals surface area contributed by atoms with E-state index in [0.717, 1.165) is 30.2 Å². The molecule has 0 bridgehead atoms. The highest BCUT2D eigenvalue weighted by atomic mass is 16.5. The Morgan fingerprint density at radius 2 is 2.00 bits per heavy atom. The number of benzene rings is 1. The van der Waals surface area contributed by atoms with Crippen LogP contribution in [-0.2, 0) is 0 Å². The largest absolute Gasteiger partial charge is 0.497 e. The minimum atomic E-state index is -0.326. The van der Waals surface area contributed by atoms with Gasteiger partial charge in [-0.2, -0.15) is 0 Å². The first-order valence-corrected chi connectivity index (χ1v) is 6.63. The number of hydrogen-bond donors (Lipinski definition) is 1. The Labute approximate surface area is 114 Å². The van der Waals surface area contributed by atoms with Crippen molar-refractivity contribution in [1.29, 1.82) is 0 Å². The molecule has 106 valence electrons. The number of rotatable bonds is 3. The van der Waals surface area contributed by atoms with E-state index in [1.165, 1.54) is 0 Å². The summed E-state index contributed by atoms with van der Waals surface area (Å²) in [5.41, 5.74) is 0.994. The van der Waals surface area contributed by atoms with Crippen LogP contribution in [0.25, 0.3) is 0 Å². The van der Waals surface area contributed by atoms with Crippen LogP contribution in [0.15, 0.2) is 18.2 Å². The lowest BCUT2D eigenvalue weighted by atomic mass is 9.80. The van der Waals surface area contributed by atoms with Gasteiger partial charge in [-0.05, 0) is 24.0 Å². The van der Waals surface area contributed by atoms with Crippen LogP contribution < -0.4 is 14.4 Å². The fourth-order valence-corrected chi connectivity index (χ4v) is 2.40. The van der Waals surface area contributed by atoms with Gasteiger partial charge in [0.15, 0.2) is 0 Å². The molecule has 1 aromatic carbocycles. The number of methoxy groups -OCH3 is 2. The molecule has 0 saturated carbocycles. The second-order valence-electron chi connectivity index (χ2n) is 5.74. The highest BCUT2D eigenvalue weighted by Gasteiger charge is 2.34. The van der Waals surface area contributed by atoms with Crippen molar-refractivity contribution in [2.24, 2.45) is 5.41 Å². The SMILES string of the molecule is COc1ccc(N2CCC(C)(C)C(O)C2)c(OC)c1. The van der Waals surface area contributed by atoms with E-state index in [0.29, 0.717) is 6.54 Å². The Hall–Kier alpha value is -1.42.